The molecule has 1 aromatic carbocycles. The maximum absolute atomic E-state index is 12.5. The van der Waals surface area contributed by atoms with Crippen LogP contribution in [0.25, 0.3) is 0 Å². The van der Waals surface area contributed by atoms with Crippen molar-refractivity contribution in [2.75, 3.05) is 0 Å². The summed E-state index contributed by atoms with van der Waals surface area (Å²) in [5, 5.41) is 34.2. The van der Waals surface area contributed by atoms with Gasteiger partial charge in [0.15, 0.2) is 0 Å². The molecule has 0 spiro atoms. The summed E-state index contributed by atoms with van der Waals surface area (Å²) < 4.78 is 0. The summed E-state index contributed by atoms with van der Waals surface area (Å²) in [5.41, 5.74) is 0.618. The van der Waals surface area contributed by atoms with Gasteiger partial charge in [-0.3, -0.25) is 0 Å². The van der Waals surface area contributed by atoms with Crippen molar-refractivity contribution < 1.29 is 15.3 Å². The molecule has 0 unspecified atom stereocenters. The molecule has 0 saturated heterocycles. The number of rotatable bonds is 7. The number of benzene rings is 1. The summed E-state index contributed by atoms with van der Waals surface area (Å²) in [4.78, 5) is 0. The van der Waals surface area contributed by atoms with Crippen LogP contribution in [0.2, 0.25) is 0 Å². The normalized spacial score (nSPS) is 44.7. The maximum Gasteiger partial charge on any atom is 0.0929 e. The molecule has 0 amide bonds. The van der Waals surface area contributed by atoms with Crippen molar-refractivity contribution in [2.24, 2.45) is 40.4 Å². The lowest BCUT2D eigenvalue weighted by molar-refractivity contribution is -0.181. The van der Waals surface area contributed by atoms with Gasteiger partial charge in [-0.05, 0) is 104 Å². The van der Waals surface area contributed by atoms with Crippen LogP contribution >= 0.6 is 0 Å². The molecule has 0 heterocycles. The Morgan fingerprint density at radius 1 is 0.829 bits per heavy atom. The van der Waals surface area contributed by atoms with Gasteiger partial charge in [-0.15, -0.1) is 0 Å². The number of unbranched alkanes of at least 4 members (excludes halogenated alkanes) is 3. The fraction of sp³-hybridized carbons (Fsp3) is 0.812. The fourth-order valence-corrected chi connectivity index (χ4v) is 10.1. The van der Waals surface area contributed by atoms with Gasteiger partial charge in [-0.25, -0.2) is 0 Å². The highest BCUT2D eigenvalue weighted by Crippen LogP contribution is 2.69. The zero-order valence-corrected chi connectivity index (χ0v) is 22.5. The van der Waals surface area contributed by atoms with Gasteiger partial charge in [-0.1, -0.05) is 76.8 Å². The second-order valence-electron chi connectivity index (χ2n) is 13.5. The molecule has 0 aromatic heterocycles. The van der Waals surface area contributed by atoms with E-state index in [1.807, 2.05) is 0 Å². The lowest BCUT2D eigenvalue weighted by Gasteiger charge is -2.62. The Morgan fingerprint density at radius 2 is 1.54 bits per heavy atom. The van der Waals surface area contributed by atoms with E-state index in [0.717, 1.165) is 50.5 Å². The quantitative estimate of drug-likeness (QED) is 0.373. The van der Waals surface area contributed by atoms with E-state index in [0.29, 0.717) is 17.8 Å². The third-order valence-corrected chi connectivity index (χ3v) is 11.9. The third kappa shape index (κ3) is 4.22. The van der Waals surface area contributed by atoms with Crippen LogP contribution in [0, 0.1) is 40.4 Å². The molecular weight excluding hydrogens is 432 g/mol. The number of fused-ring (bicyclic) bond motifs is 5. The molecule has 4 aliphatic rings. The molecule has 3 N–H and O–H groups in total. The Bertz CT molecular complexity index is 856. The van der Waals surface area contributed by atoms with Crippen molar-refractivity contribution in [3.63, 3.8) is 0 Å². The average Bonchev–Trinajstić information content (AvgIpc) is 3.21. The van der Waals surface area contributed by atoms with Gasteiger partial charge < -0.3 is 15.3 Å². The summed E-state index contributed by atoms with van der Waals surface area (Å²) in [6.07, 6.45) is 13.4. The lowest BCUT2D eigenvalue weighted by Crippen LogP contribution is -2.59. The van der Waals surface area contributed by atoms with E-state index in [2.05, 4.69) is 51.1 Å². The standard InChI is InChI=1S/C32H50O3/c1-4-5-6-10-17-32(35,22-11-8-7-9-12-22)29-14-13-25-24-21-28(34)27-20-23(33)15-18-30(27,2)26(24)16-19-31(25,29)3/h7-9,11-12,23-29,33-35H,4-6,10,13-21H2,1-3H3/t23-,24-,25-,26-,27+,28-,29-,30+,31-,32+/m0/s1. The number of hydrogen-bond donors (Lipinski definition) is 3. The molecule has 5 rings (SSSR count). The second kappa shape index (κ2) is 9.76. The van der Waals surface area contributed by atoms with Gasteiger partial charge in [0.1, 0.15) is 0 Å². The first-order valence-corrected chi connectivity index (χ1v) is 14.9. The van der Waals surface area contributed by atoms with Gasteiger partial charge in [0, 0.05) is 0 Å². The SMILES string of the molecule is CCCCCC[C@@](O)(c1ccccc1)[C@H]1CC[C@H]2[C@@H]3C[C@H](O)[C@H]4C[C@@H](O)CC[C@]4(C)[C@H]3CC[C@@]21C. The molecule has 4 saturated carbocycles. The van der Waals surface area contributed by atoms with Crippen molar-refractivity contribution >= 4 is 0 Å². The van der Waals surface area contributed by atoms with Crippen molar-refractivity contribution in [3.8, 4) is 0 Å². The van der Waals surface area contributed by atoms with Crippen molar-refractivity contribution in [2.45, 2.75) is 122 Å². The van der Waals surface area contributed by atoms with Crippen molar-refractivity contribution in [3.05, 3.63) is 35.9 Å². The zero-order valence-electron chi connectivity index (χ0n) is 22.5. The van der Waals surface area contributed by atoms with Crippen LogP contribution in [0.4, 0.5) is 0 Å². The average molecular weight is 483 g/mol. The minimum absolute atomic E-state index is 0.119. The van der Waals surface area contributed by atoms with E-state index in [9.17, 15) is 15.3 Å². The smallest absolute Gasteiger partial charge is 0.0929 e. The lowest BCUT2D eigenvalue weighted by atomic mass is 9.43. The Kier molecular flexibility index (Phi) is 7.18. The predicted molar refractivity (Wildman–Crippen MR) is 142 cm³/mol. The van der Waals surface area contributed by atoms with E-state index in [-0.39, 0.29) is 34.9 Å². The van der Waals surface area contributed by atoms with Gasteiger partial charge in [0.2, 0.25) is 0 Å². The summed E-state index contributed by atoms with van der Waals surface area (Å²) in [7, 11) is 0. The Hall–Kier alpha value is -0.900. The Morgan fingerprint density at radius 3 is 2.29 bits per heavy atom. The van der Waals surface area contributed by atoms with E-state index in [1.165, 1.54) is 38.5 Å². The summed E-state index contributed by atoms with van der Waals surface area (Å²) in [6.45, 7) is 7.19. The van der Waals surface area contributed by atoms with E-state index >= 15 is 0 Å². The number of aliphatic hydroxyl groups is 3. The first-order chi connectivity index (χ1) is 16.7. The first-order valence-electron chi connectivity index (χ1n) is 14.9. The minimum Gasteiger partial charge on any atom is -0.393 e. The van der Waals surface area contributed by atoms with E-state index in [4.69, 9.17) is 0 Å². The molecule has 3 heteroatoms. The third-order valence-electron chi connectivity index (χ3n) is 11.9. The zero-order chi connectivity index (χ0) is 24.8. The van der Waals surface area contributed by atoms with Gasteiger partial charge in [-0.2, -0.15) is 0 Å². The Labute approximate surface area is 213 Å². The van der Waals surface area contributed by atoms with E-state index < -0.39 is 5.60 Å². The summed E-state index contributed by atoms with van der Waals surface area (Å²) >= 11 is 0. The highest BCUT2D eigenvalue weighted by molar-refractivity contribution is 5.26. The van der Waals surface area contributed by atoms with Crippen LogP contribution in [0.1, 0.15) is 110 Å². The molecule has 196 valence electrons. The first kappa shape index (κ1) is 25.7. The topological polar surface area (TPSA) is 60.7 Å². The van der Waals surface area contributed by atoms with Crippen LogP contribution in [-0.2, 0) is 5.60 Å². The minimum atomic E-state index is -0.764. The highest BCUT2D eigenvalue weighted by Gasteiger charge is 2.64. The van der Waals surface area contributed by atoms with Gasteiger partial charge >= 0.3 is 0 Å². The molecule has 10 atom stereocenters. The maximum atomic E-state index is 12.5. The van der Waals surface area contributed by atoms with Gasteiger partial charge in [0.25, 0.3) is 0 Å². The highest BCUT2D eigenvalue weighted by atomic mass is 16.3. The van der Waals surface area contributed by atoms with Crippen LogP contribution in [0.15, 0.2) is 30.3 Å². The molecule has 0 aliphatic heterocycles. The van der Waals surface area contributed by atoms with Crippen LogP contribution in [0.5, 0.6) is 0 Å². The molecule has 3 nitrogen and oxygen atoms in total. The van der Waals surface area contributed by atoms with E-state index in [1.54, 1.807) is 0 Å². The second-order valence-corrected chi connectivity index (χ2v) is 13.5. The molecule has 35 heavy (non-hydrogen) atoms. The molecule has 0 bridgehead atoms. The molecule has 4 aliphatic carbocycles. The largest absolute Gasteiger partial charge is 0.393 e. The van der Waals surface area contributed by atoms with Crippen molar-refractivity contribution in [1.29, 1.82) is 0 Å². The molecular formula is C32H50O3. The van der Waals surface area contributed by atoms with Crippen LogP contribution in [0.3, 0.4) is 0 Å². The number of aliphatic hydroxyl groups excluding tert-OH is 2. The molecule has 1 aromatic rings. The monoisotopic (exact) mass is 482 g/mol. The summed E-state index contributed by atoms with van der Waals surface area (Å²) in [6, 6.07) is 10.6. The Balaban J connectivity index is 1.43. The number of hydrogen-bond acceptors (Lipinski definition) is 3. The fourth-order valence-electron chi connectivity index (χ4n) is 10.1. The van der Waals surface area contributed by atoms with Crippen LogP contribution < -0.4 is 0 Å². The van der Waals surface area contributed by atoms with Crippen molar-refractivity contribution in [1.82, 2.24) is 0 Å². The molecule has 4 fully saturated rings. The van der Waals surface area contributed by atoms with Gasteiger partial charge in [0.05, 0.1) is 17.8 Å². The molecule has 0 radical (unpaired) electrons. The predicted octanol–water partition coefficient (Wildman–Crippen LogP) is 6.84. The van der Waals surface area contributed by atoms with Crippen LogP contribution in [-0.4, -0.2) is 27.5 Å². The summed E-state index contributed by atoms with van der Waals surface area (Å²) in [5.74, 6) is 2.30.